The monoisotopic (exact) mass is 263 g/mol. The van der Waals surface area contributed by atoms with Gasteiger partial charge in [-0.25, -0.2) is 4.98 Å². The first-order chi connectivity index (χ1) is 8.69. The van der Waals surface area contributed by atoms with E-state index < -0.39 is 0 Å². The van der Waals surface area contributed by atoms with Gasteiger partial charge < -0.3 is 9.84 Å². The lowest BCUT2D eigenvalue weighted by Crippen LogP contribution is -2.00. The number of nitrogens with zero attached hydrogens (tertiary/aromatic N) is 1. The van der Waals surface area contributed by atoms with Gasteiger partial charge in [-0.15, -0.1) is 0 Å². The topological polar surface area (TPSA) is 42.4 Å². The van der Waals surface area contributed by atoms with Crippen molar-refractivity contribution in [2.45, 2.75) is 20.1 Å². The highest BCUT2D eigenvalue weighted by Crippen LogP contribution is 2.15. The van der Waals surface area contributed by atoms with Crippen molar-refractivity contribution in [1.29, 1.82) is 0 Å². The minimum atomic E-state index is -0.00654. The van der Waals surface area contributed by atoms with Gasteiger partial charge in [0.1, 0.15) is 6.61 Å². The number of aryl methyl sites for hydroxylation is 1. The SMILES string of the molecule is Cc1nc(OCc2cccc(Cl)c2)ccc1CO. The Kier molecular flexibility index (Phi) is 4.18. The molecule has 0 fully saturated rings. The molecule has 1 N–H and O–H groups in total. The molecule has 94 valence electrons. The van der Waals surface area contributed by atoms with Crippen molar-refractivity contribution in [3.63, 3.8) is 0 Å². The van der Waals surface area contributed by atoms with Crippen LogP contribution in [0.2, 0.25) is 5.02 Å². The summed E-state index contributed by atoms with van der Waals surface area (Å²) in [6.45, 7) is 2.26. The molecular formula is C14H14ClNO2. The smallest absolute Gasteiger partial charge is 0.213 e. The summed E-state index contributed by atoms with van der Waals surface area (Å²) in [5.41, 5.74) is 2.58. The van der Waals surface area contributed by atoms with Crippen LogP contribution in [0.5, 0.6) is 5.88 Å². The molecule has 0 atom stereocenters. The van der Waals surface area contributed by atoms with Crippen molar-refractivity contribution < 1.29 is 9.84 Å². The van der Waals surface area contributed by atoms with Crippen LogP contribution in [-0.2, 0) is 13.2 Å². The Balaban J connectivity index is 2.04. The summed E-state index contributed by atoms with van der Waals surface area (Å²) in [4.78, 5) is 4.27. The molecule has 0 aliphatic carbocycles. The molecule has 0 spiro atoms. The predicted molar refractivity (Wildman–Crippen MR) is 70.7 cm³/mol. The summed E-state index contributed by atoms with van der Waals surface area (Å²) in [5.74, 6) is 0.546. The molecule has 0 unspecified atom stereocenters. The molecule has 0 radical (unpaired) electrons. The van der Waals surface area contributed by atoms with Gasteiger partial charge in [0, 0.05) is 16.8 Å². The van der Waals surface area contributed by atoms with Crippen LogP contribution in [0.25, 0.3) is 0 Å². The third-order valence-electron chi connectivity index (χ3n) is 2.62. The summed E-state index contributed by atoms with van der Waals surface area (Å²) in [6.07, 6.45) is 0. The van der Waals surface area contributed by atoms with Gasteiger partial charge in [0.25, 0.3) is 0 Å². The van der Waals surface area contributed by atoms with E-state index in [2.05, 4.69) is 4.98 Å². The fourth-order valence-corrected chi connectivity index (χ4v) is 1.81. The molecule has 2 rings (SSSR count). The van der Waals surface area contributed by atoms with E-state index in [9.17, 15) is 0 Å². The third kappa shape index (κ3) is 3.22. The molecular weight excluding hydrogens is 250 g/mol. The van der Waals surface area contributed by atoms with Gasteiger partial charge in [0.15, 0.2) is 0 Å². The Morgan fingerprint density at radius 3 is 2.78 bits per heavy atom. The molecule has 1 aromatic heterocycles. The average Bonchev–Trinajstić information content (AvgIpc) is 2.37. The van der Waals surface area contributed by atoms with E-state index in [4.69, 9.17) is 21.4 Å². The summed E-state index contributed by atoms with van der Waals surface area (Å²) in [6, 6.07) is 11.1. The van der Waals surface area contributed by atoms with Gasteiger partial charge in [-0.2, -0.15) is 0 Å². The second-order valence-electron chi connectivity index (χ2n) is 3.97. The number of ether oxygens (including phenoxy) is 1. The normalized spacial score (nSPS) is 10.4. The Hall–Kier alpha value is -1.58. The lowest BCUT2D eigenvalue weighted by atomic mass is 10.2. The second-order valence-corrected chi connectivity index (χ2v) is 4.41. The minimum Gasteiger partial charge on any atom is -0.473 e. The van der Waals surface area contributed by atoms with E-state index in [0.29, 0.717) is 17.5 Å². The van der Waals surface area contributed by atoms with Crippen LogP contribution in [0.15, 0.2) is 36.4 Å². The van der Waals surface area contributed by atoms with Gasteiger partial charge in [0.2, 0.25) is 5.88 Å². The van der Waals surface area contributed by atoms with Gasteiger partial charge in [-0.3, -0.25) is 0 Å². The van der Waals surface area contributed by atoms with Gasteiger partial charge in [-0.05, 0) is 36.2 Å². The number of aliphatic hydroxyl groups is 1. The Morgan fingerprint density at radius 2 is 2.11 bits per heavy atom. The third-order valence-corrected chi connectivity index (χ3v) is 2.85. The molecule has 4 heteroatoms. The quantitative estimate of drug-likeness (QED) is 0.922. The maximum atomic E-state index is 9.05. The van der Waals surface area contributed by atoms with Crippen LogP contribution in [0.4, 0.5) is 0 Å². The standard InChI is InChI=1S/C14H14ClNO2/c1-10-12(8-17)5-6-14(16-10)18-9-11-3-2-4-13(15)7-11/h2-7,17H,8-9H2,1H3. The zero-order chi connectivity index (χ0) is 13.0. The molecule has 1 heterocycles. The van der Waals surface area contributed by atoms with Crippen LogP contribution in [-0.4, -0.2) is 10.1 Å². The number of hydrogen-bond donors (Lipinski definition) is 1. The number of pyridine rings is 1. The zero-order valence-electron chi connectivity index (χ0n) is 10.1. The maximum Gasteiger partial charge on any atom is 0.213 e. The van der Waals surface area contributed by atoms with Crippen molar-refractivity contribution in [3.05, 3.63) is 58.2 Å². The van der Waals surface area contributed by atoms with Gasteiger partial charge in [0.05, 0.1) is 6.61 Å². The molecule has 18 heavy (non-hydrogen) atoms. The van der Waals surface area contributed by atoms with Gasteiger partial charge in [-0.1, -0.05) is 23.7 Å². The number of halogens is 1. The molecule has 0 aliphatic rings. The summed E-state index contributed by atoms with van der Waals surface area (Å²) < 4.78 is 5.58. The summed E-state index contributed by atoms with van der Waals surface area (Å²) in [5, 5.41) is 9.74. The minimum absolute atomic E-state index is 0.00654. The van der Waals surface area contributed by atoms with Crippen LogP contribution in [0.1, 0.15) is 16.8 Å². The lowest BCUT2D eigenvalue weighted by molar-refractivity contribution is 0.276. The van der Waals surface area contributed by atoms with E-state index in [1.165, 1.54) is 0 Å². The van der Waals surface area contributed by atoms with Crippen LogP contribution in [0, 0.1) is 6.92 Å². The second kappa shape index (κ2) is 5.85. The Morgan fingerprint density at radius 1 is 1.28 bits per heavy atom. The number of benzene rings is 1. The first kappa shape index (κ1) is 12.9. The predicted octanol–water partition coefficient (Wildman–Crippen LogP) is 3.11. The Bertz CT molecular complexity index is 543. The number of aliphatic hydroxyl groups excluding tert-OH is 1. The largest absolute Gasteiger partial charge is 0.473 e. The molecule has 0 amide bonds. The number of rotatable bonds is 4. The molecule has 0 saturated carbocycles. The highest BCUT2D eigenvalue weighted by molar-refractivity contribution is 6.30. The fraction of sp³-hybridized carbons (Fsp3) is 0.214. The number of hydrogen-bond acceptors (Lipinski definition) is 3. The van der Waals surface area contributed by atoms with Crippen molar-refractivity contribution in [3.8, 4) is 5.88 Å². The van der Waals surface area contributed by atoms with E-state index in [1.807, 2.05) is 37.3 Å². The zero-order valence-corrected chi connectivity index (χ0v) is 10.8. The van der Waals surface area contributed by atoms with E-state index >= 15 is 0 Å². The highest BCUT2D eigenvalue weighted by Gasteiger charge is 2.02. The molecule has 0 aliphatic heterocycles. The maximum absolute atomic E-state index is 9.05. The first-order valence-electron chi connectivity index (χ1n) is 5.63. The fourth-order valence-electron chi connectivity index (χ4n) is 1.60. The number of aromatic nitrogens is 1. The molecule has 1 aromatic carbocycles. The van der Waals surface area contributed by atoms with Crippen molar-refractivity contribution >= 4 is 11.6 Å². The van der Waals surface area contributed by atoms with Gasteiger partial charge >= 0.3 is 0 Å². The highest BCUT2D eigenvalue weighted by atomic mass is 35.5. The summed E-state index contributed by atoms with van der Waals surface area (Å²) >= 11 is 5.89. The molecule has 2 aromatic rings. The lowest BCUT2D eigenvalue weighted by Gasteiger charge is -2.08. The van der Waals surface area contributed by atoms with E-state index in [-0.39, 0.29) is 6.61 Å². The van der Waals surface area contributed by atoms with Crippen molar-refractivity contribution in [1.82, 2.24) is 4.98 Å². The van der Waals surface area contributed by atoms with Crippen LogP contribution >= 0.6 is 11.6 Å². The van der Waals surface area contributed by atoms with Crippen LogP contribution in [0.3, 0.4) is 0 Å². The van der Waals surface area contributed by atoms with Crippen LogP contribution < -0.4 is 4.74 Å². The Labute approximate surface area is 111 Å². The van der Waals surface area contributed by atoms with E-state index in [0.717, 1.165) is 16.8 Å². The summed E-state index contributed by atoms with van der Waals surface area (Å²) in [7, 11) is 0. The first-order valence-corrected chi connectivity index (χ1v) is 6.01. The average molecular weight is 264 g/mol. The van der Waals surface area contributed by atoms with Crippen molar-refractivity contribution in [2.75, 3.05) is 0 Å². The molecule has 3 nitrogen and oxygen atoms in total. The van der Waals surface area contributed by atoms with Crippen molar-refractivity contribution in [2.24, 2.45) is 0 Å². The van der Waals surface area contributed by atoms with E-state index in [1.54, 1.807) is 6.07 Å². The molecule has 0 bridgehead atoms. The molecule has 0 saturated heterocycles.